The Morgan fingerprint density at radius 1 is 0.845 bits per heavy atom. The van der Waals surface area contributed by atoms with Gasteiger partial charge < -0.3 is 68.8 Å². The molecule has 23 nitrogen and oxygen atoms in total. The zero-order chi connectivity index (χ0) is 52.6. The van der Waals surface area contributed by atoms with Crippen molar-refractivity contribution in [2.75, 3.05) is 38.2 Å². The number of aromatic nitrogens is 2. The summed E-state index contributed by atoms with van der Waals surface area (Å²) in [6.07, 6.45) is 5.74. The molecule has 7 atom stereocenters. The number of carbonyl (C=O) groups is 8. The molecule has 3 rings (SSSR count). The number of nitrogens with zero attached hydrogens (tertiary/aromatic N) is 3. The number of hydrogen-bond donors (Lipinski definition) is 12. The van der Waals surface area contributed by atoms with E-state index >= 15 is 0 Å². The van der Waals surface area contributed by atoms with Crippen LogP contribution in [0.4, 0.5) is 0 Å². The van der Waals surface area contributed by atoms with Crippen LogP contribution in [0.2, 0.25) is 0 Å². The predicted molar refractivity (Wildman–Crippen MR) is 268 cm³/mol. The monoisotopic (exact) mass is 1010 g/mol. The third-order valence-electron chi connectivity index (χ3n) is 11.5. The second-order valence-corrected chi connectivity index (χ2v) is 19.5. The molecule has 1 aliphatic heterocycles. The molecule has 24 heteroatoms. The largest absolute Gasteiger partial charge is 0.508 e. The van der Waals surface area contributed by atoms with E-state index in [1.165, 1.54) is 41.3 Å². The summed E-state index contributed by atoms with van der Waals surface area (Å²) in [4.78, 5) is 122. The number of amides is 7. The molecule has 0 spiro atoms. The fraction of sp³-hybridized carbons (Fsp3) is 0.617. The van der Waals surface area contributed by atoms with Gasteiger partial charge in [0.05, 0.1) is 12.9 Å². The number of phenols is 1. The molecule has 2 heterocycles. The summed E-state index contributed by atoms with van der Waals surface area (Å²) in [5.74, 6) is -5.79. The van der Waals surface area contributed by atoms with Gasteiger partial charge in [0.25, 0.3) is 0 Å². The van der Waals surface area contributed by atoms with E-state index in [0.29, 0.717) is 29.9 Å². The van der Waals surface area contributed by atoms with E-state index in [0.717, 1.165) is 12.8 Å². The van der Waals surface area contributed by atoms with Crippen LogP contribution >= 0.6 is 11.8 Å². The molecule has 0 aliphatic carbocycles. The maximum absolute atomic E-state index is 14.6. The third kappa shape index (κ3) is 20.4. The van der Waals surface area contributed by atoms with Gasteiger partial charge in [0.2, 0.25) is 41.4 Å². The van der Waals surface area contributed by atoms with Gasteiger partial charge in [-0.25, -0.2) is 9.78 Å². The fourth-order valence-electron chi connectivity index (χ4n) is 7.76. The van der Waals surface area contributed by atoms with Crippen molar-refractivity contribution >= 4 is 65.0 Å². The number of H-pyrrole nitrogens is 1. The summed E-state index contributed by atoms with van der Waals surface area (Å²) in [6, 6.07) is -2.34. The number of aliphatic imine (C=N–C) groups is 1. The number of nitrogens with two attached hydrogens (primary N) is 2. The standard InChI is InChI=1S/C47H75N13O10S/c1-7-8-19-71-25-36(42(65)56-34(22-30-23-51-26-53-30)45(68)60-18-10-12-37(60)43(66)57-35(46(69)70)20-27(2)3)58-41(64)33(21-29-13-15-31(61)16-14-29)55-44(67)39(28(4)5)59-40(63)32(54-38(62)24-50-6)11-9-17-52-47(48)49/h13-16,23,26-28,32-37,39,50,61H,7-12,17-22,24-25H2,1-6H3,(H,51,53)(H,54,62)(H,55,67)(H,56,65)(H,57,66)(H,58,64)(H,59,63)(H,69,70)(H4,48,49,52)/t32-,33-,34-,35-,36-,37-,39-/m0/s1. The number of thioether (sulfide) groups is 1. The average molecular weight is 1010 g/mol. The van der Waals surface area contributed by atoms with Gasteiger partial charge in [0.15, 0.2) is 5.96 Å². The number of unbranched alkanes of at least 4 members (excludes halogenated alkanes) is 1. The van der Waals surface area contributed by atoms with Crippen molar-refractivity contribution in [1.82, 2.24) is 52.1 Å². The summed E-state index contributed by atoms with van der Waals surface area (Å²) in [7, 11) is 1.57. The SMILES string of the molecule is CCCCSC[C@H](NC(=O)[C@H](Cc1ccc(O)cc1)NC(=O)[C@@H](NC(=O)[C@H](CCCN=C(N)N)NC(=O)CNC)C(C)C)C(=O)N[C@@H](Cc1cnc[nH]1)C(=O)N1CCC[C@H]1C(=O)N[C@@H](CC(C)C)C(=O)O. The van der Waals surface area contributed by atoms with Crippen LogP contribution in [0.1, 0.15) is 90.8 Å². The Morgan fingerprint density at radius 3 is 2.11 bits per heavy atom. The van der Waals surface area contributed by atoms with Crippen molar-refractivity contribution in [2.24, 2.45) is 28.3 Å². The van der Waals surface area contributed by atoms with Crippen LogP contribution in [0.5, 0.6) is 5.75 Å². The number of nitrogens with one attached hydrogen (secondary N) is 8. The van der Waals surface area contributed by atoms with Crippen molar-refractivity contribution in [2.45, 2.75) is 135 Å². The molecule has 1 aliphatic rings. The number of carboxylic acids is 1. The first kappa shape index (κ1) is 58.9. The summed E-state index contributed by atoms with van der Waals surface area (Å²) >= 11 is 1.40. The number of phenolic OH excluding ortho intramolecular Hbond substituents is 1. The molecule has 71 heavy (non-hydrogen) atoms. The van der Waals surface area contributed by atoms with Crippen LogP contribution < -0.4 is 48.7 Å². The Hall–Kier alpha value is -6.43. The summed E-state index contributed by atoms with van der Waals surface area (Å²) in [6.45, 7) is 9.33. The topological polar surface area (TPSA) is 358 Å². The number of likely N-dealkylation sites (N-methyl/N-ethyl adjacent to an activating group) is 1. The molecule has 1 aromatic heterocycles. The molecule has 14 N–H and O–H groups in total. The maximum Gasteiger partial charge on any atom is 0.326 e. The molecular formula is C47H75N13O10S. The number of aromatic amines is 1. The molecule has 0 saturated carbocycles. The highest BCUT2D eigenvalue weighted by atomic mass is 32.2. The minimum absolute atomic E-state index is 0.0347. The highest BCUT2D eigenvalue weighted by molar-refractivity contribution is 7.99. The first-order valence-corrected chi connectivity index (χ1v) is 25.3. The highest BCUT2D eigenvalue weighted by Crippen LogP contribution is 2.21. The predicted octanol–water partition coefficient (Wildman–Crippen LogP) is -0.607. The minimum Gasteiger partial charge on any atom is -0.508 e. The first-order chi connectivity index (χ1) is 33.7. The Morgan fingerprint density at radius 2 is 1.51 bits per heavy atom. The Bertz CT molecular complexity index is 2090. The van der Waals surface area contributed by atoms with Crippen molar-refractivity contribution in [3.8, 4) is 5.75 Å². The number of aliphatic carboxylic acids is 1. The van der Waals surface area contributed by atoms with Crippen LogP contribution in [-0.4, -0.2) is 159 Å². The molecule has 7 amide bonds. The van der Waals surface area contributed by atoms with E-state index in [2.05, 4.69) is 52.2 Å². The first-order valence-electron chi connectivity index (χ1n) is 24.1. The van der Waals surface area contributed by atoms with Crippen molar-refractivity contribution in [3.63, 3.8) is 0 Å². The van der Waals surface area contributed by atoms with E-state index in [-0.39, 0.29) is 75.1 Å². The quantitative estimate of drug-likeness (QED) is 0.0255. The van der Waals surface area contributed by atoms with E-state index in [1.807, 2.05) is 20.8 Å². The molecule has 2 aromatic rings. The molecule has 1 saturated heterocycles. The number of aromatic hydroxyl groups is 1. The number of hydrogen-bond acceptors (Lipinski definition) is 13. The lowest BCUT2D eigenvalue weighted by Crippen LogP contribution is -2.61. The second kappa shape index (κ2) is 30.3. The Kier molecular flexibility index (Phi) is 25.2. The fourth-order valence-corrected chi connectivity index (χ4v) is 8.89. The highest BCUT2D eigenvalue weighted by Gasteiger charge is 2.40. The lowest BCUT2D eigenvalue weighted by molar-refractivity contribution is -0.145. The zero-order valence-electron chi connectivity index (χ0n) is 41.6. The number of rotatable bonds is 31. The number of carbonyl (C=O) groups excluding carboxylic acids is 7. The molecule has 1 fully saturated rings. The summed E-state index contributed by atoms with van der Waals surface area (Å²) in [5.41, 5.74) is 11.9. The zero-order valence-corrected chi connectivity index (χ0v) is 42.4. The van der Waals surface area contributed by atoms with Crippen LogP contribution in [0.15, 0.2) is 41.8 Å². The van der Waals surface area contributed by atoms with Crippen LogP contribution in [0, 0.1) is 11.8 Å². The number of guanidine groups is 1. The van der Waals surface area contributed by atoms with Crippen LogP contribution in [-0.2, 0) is 51.2 Å². The normalized spacial score (nSPS) is 15.9. The lowest BCUT2D eigenvalue weighted by atomic mass is 10.00. The van der Waals surface area contributed by atoms with Crippen LogP contribution in [0.3, 0.4) is 0 Å². The summed E-state index contributed by atoms with van der Waals surface area (Å²) < 4.78 is 0. The van der Waals surface area contributed by atoms with E-state index < -0.39 is 95.5 Å². The number of likely N-dealkylation sites (tertiary alicyclic amines) is 1. The number of imidazole rings is 1. The van der Waals surface area contributed by atoms with Crippen molar-refractivity contribution < 1.29 is 48.6 Å². The van der Waals surface area contributed by atoms with Gasteiger partial charge in [-0.3, -0.25) is 38.6 Å². The molecule has 0 bridgehead atoms. The van der Waals surface area contributed by atoms with Gasteiger partial charge in [0.1, 0.15) is 48.0 Å². The smallest absolute Gasteiger partial charge is 0.326 e. The van der Waals surface area contributed by atoms with Gasteiger partial charge in [0, 0.05) is 43.6 Å². The van der Waals surface area contributed by atoms with Gasteiger partial charge in [-0.05, 0) is 80.9 Å². The molecular weight excluding hydrogens is 939 g/mol. The molecule has 0 unspecified atom stereocenters. The van der Waals surface area contributed by atoms with Crippen molar-refractivity contribution in [1.29, 1.82) is 0 Å². The average Bonchev–Trinajstić information content (AvgIpc) is 4.03. The minimum atomic E-state index is -1.34. The maximum atomic E-state index is 14.6. The van der Waals surface area contributed by atoms with Crippen LogP contribution in [0.25, 0.3) is 0 Å². The van der Waals surface area contributed by atoms with E-state index in [4.69, 9.17) is 11.5 Å². The number of carboxylic acid groups (broad SMARTS) is 1. The van der Waals surface area contributed by atoms with Crippen molar-refractivity contribution in [3.05, 3.63) is 48.0 Å². The molecule has 1 aromatic carbocycles. The Balaban J connectivity index is 1.94. The second-order valence-electron chi connectivity index (χ2n) is 18.3. The summed E-state index contributed by atoms with van der Waals surface area (Å²) in [5, 5.41) is 38.9. The van der Waals surface area contributed by atoms with E-state index in [1.54, 1.807) is 33.0 Å². The number of benzene rings is 1. The van der Waals surface area contributed by atoms with Gasteiger partial charge in [-0.2, -0.15) is 11.8 Å². The van der Waals surface area contributed by atoms with Gasteiger partial charge in [-0.1, -0.05) is 53.2 Å². The molecule has 394 valence electrons. The third-order valence-corrected chi connectivity index (χ3v) is 12.7. The molecule has 0 radical (unpaired) electrons. The van der Waals surface area contributed by atoms with Gasteiger partial charge in [-0.15, -0.1) is 0 Å². The Labute approximate surface area is 419 Å². The van der Waals surface area contributed by atoms with E-state index in [9.17, 15) is 48.6 Å². The lowest BCUT2D eigenvalue weighted by Gasteiger charge is -2.31. The van der Waals surface area contributed by atoms with Gasteiger partial charge >= 0.3 is 5.97 Å².